The van der Waals surface area contributed by atoms with Crippen molar-refractivity contribution >= 4 is 33.1 Å². The van der Waals surface area contributed by atoms with Crippen molar-refractivity contribution in [3.05, 3.63) is 27.8 Å². The molecule has 0 spiro atoms. The number of nitrogens with one attached hydrogen (secondary N) is 1. The Balaban J connectivity index is 2.54. The quantitative estimate of drug-likeness (QED) is 0.928. The topological polar surface area (TPSA) is 37.8 Å². The molecule has 1 N–H and O–H groups in total. The maximum absolute atomic E-state index is 4.43. The van der Waals surface area contributed by atoms with Gasteiger partial charge in [0.2, 0.25) is 0 Å². The number of hydrogen-bond acceptors (Lipinski definition) is 4. The lowest BCUT2D eigenvalue weighted by Crippen LogP contribution is -2.05. The van der Waals surface area contributed by atoms with Crippen molar-refractivity contribution in [2.24, 2.45) is 0 Å². The van der Waals surface area contributed by atoms with E-state index in [-0.39, 0.29) is 0 Å². The van der Waals surface area contributed by atoms with Crippen molar-refractivity contribution in [2.75, 3.05) is 11.9 Å². The molecular formula is C12H14BrN3S. The lowest BCUT2D eigenvalue weighted by molar-refractivity contribution is 1.03. The number of hydrogen-bond donors (Lipinski definition) is 1. The predicted molar refractivity (Wildman–Crippen MR) is 76.6 cm³/mol. The standard InChI is InChI=1S/C12H14BrN3S/c1-3-8-10(11-9(13)5-6-17-11)15-7-16-12(8)14-4-2/h5-7H,3-4H2,1-2H3,(H,14,15,16). The number of anilines is 1. The molecule has 0 amide bonds. The summed E-state index contributed by atoms with van der Waals surface area (Å²) < 4.78 is 1.10. The third kappa shape index (κ3) is 2.50. The van der Waals surface area contributed by atoms with Crippen molar-refractivity contribution in [3.8, 4) is 10.6 Å². The third-order valence-electron chi connectivity index (χ3n) is 2.48. The van der Waals surface area contributed by atoms with Gasteiger partial charge in [-0.25, -0.2) is 9.97 Å². The molecule has 0 unspecified atom stereocenters. The second-order valence-corrected chi connectivity index (χ2v) is 5.30. The van der Waals surface area contributed by atoms with E-state index in [1.165, 1.54) is 10.4 Å². The van der Waals surface area contributed by atoms with Crippen LogP contribution in [-0.2, 0) is 6.42 Å². The van der Waals surface area contributed by atoms with Crippen LogP contribution >= 0.6 is 27.3 Å². The minimum Gasteiger partial charge on any atom is -0.370 e. The number of rotatable bonds is 4. The van der Waals surface area contributed by atoms with Gasteiger partial charge in [-0.05, 0) is 40.7 Å². The summed E-state index contributed by atoms with van der Waals surface area (Å²) in [6, 6.07) is 2.05. The molecule has 2 aromatic heterocycles. The lowest BCUT2D eigenvalue weighted by Gasteiger charge is -2.11. The predicted octanol–water partition coefficient (Wildman–Crippen LogP) is 3.96. The summed E-state index contributed by atoms with van der Waals surface area (Å²) in [4.78, 5) is 9.90. The Bertz CT molecular complexity index is 510. The van der Waals surface area contributed by atoms with E-state index >= 15 is 0 Å². The number of halogens is 1. The number of thiophene rings is 1. The summed E-state index contributed by atoms with van der Waals surface area (Å²) in [6.45, 7) is 5.07. The van der Waals surface area contributed by atoms with Crippen LogP contribution in [0.5, 0.6) is 0 Å². The molecule has 0 aliphatic rings. The van der Waals surface area contributed by atoms with E-state index in [9.17, 15) is 0 Å². The summed E-state index contributed by atoms with van der Waals surface area (Å²) in [7, 11) is 0. The first-order chi connectivity index (χ1) is 8.27. The van der Waals surface area contributed by atoms with Crippen LogP contribution in [-0.4, -0.2) is 16.5 Å². The summed E-state index contributed by atoms with van der Waals surface area (Å²) >= 11 is 5.25. The van der Waals surface area contributed by atoms with Gasteiger partial charge in [-0.1, -0.05) is 6.92 Å². The van der Waals surface area contributed by atoms with E-state index in [0.717, 1.165) is 29.0 Å². The van der Waals surface area contributed by atoms with Gasteiger partial charge in [0.25, 0.3) is 0 Å². The van der Waals surface area contributed by atoms with Gasteiger partial charge in [-0.3, -0.25) is 0 Å². The molecule has 0 atom stereocenters. The highest BCUT2D eigenvalue weighted by molar-refractivity contribution is 9.10. The van der Waals surface area contributed by atoms with Crippen LogP contribution in [0.4, 0.5) is 5.82 Å². The van der Waals surface area contributed by atoms with Crippen molar-refractivity contribution in [1.82, 2.24) is 9.97 Å². The zero-order valence-corrected chi connectivity index (χ0v) is 12.2. The Morgan fingerprint density at radius 1 is 1.35 bits per heavy atom. The smallest absolute Gasteiger partial charge is 0.133 e. The van der Waals surface area contributed by atoms with Gasteiger partial charge >= 0.3 is 0 Å². The molecule has 90 valence electrons. The van der Waals surface area contributed by atoms with Gasteiger partial charge in [0.05, 0.1) is 10.6 Å². The van der Waals surface area contributed by atoms with Crippen LogP contribution in [0.3, 0.4) is 0 Å². The van der Waals surface area contributed by atoms with Gasteiger partial charge in [-0.2, -0.15) is 0 Å². The molecule has 5 heteroatoms. The Hall–Kier alpha value is -0.940. The van der Waals surface area contributed by atoms with Crippen molar-refractivity contribution < 1.29 is 0 Å². The molecule has 17 heavy (non-hydrogen) atoms. The summed E-state index contributed by atoms with van der Waals surface area (Å²) in [6.07, 6.45) is 2.54. The maximum atomic E-state index is 4.43. The Morgan fingerprint density at radius 2 is 2.18 bits per heavy atom. The first-order valence-electron chi connectivity index (χ1n) is 5.59. The van der Waals surface area contributed by atoms with Crippen LogP contribution in [0, 0.1) is 0 Å². The minimum absolute atomic E-state index is 0.870. The summed E-state index contributed by atoms with van der Waals surface area (Å²) in [5, 5.41) is 5.35. The fraction of sp³-hybridized carbons (Fsp3) is 0.333. The first kappa shape index (κ1) is 12.5. The molecule has 3 nitrogen and oxygen atoms in total. The third-order valence-corrected chi connectivity index (χ3v) is 4.32. The molecule has 0 aromatic carbocycles. The van der Waals surface area contributed by atoms with Crippen molar-refractivity contribution in [2.45, 2.75) is 20.3 Å². The fourth-order valence-electron chi connectivity index (χ4n) is 1.73. The summed E-state index contributed by atoms with van der Waals surface area (Å²) in [5.41, 5.74) is 2.21. The van der Waals surface area contributed by atoms with E-state index in [1.54, 1.807) is 17.7 Å². The van der Waals surface area contributed by atoms with E-state index in [1.807, 2.05) is 0 Å². The van der Waals surface area contributed by atoms with Crippen LogP contribution in [0.1, 0.15) is 19.4 Å². The molecule has 0 saturated heterocycles. The van der Waals surface area contributed by atoms with Crippen LogP contribution in [0.15, 0.2) is 22.2 Å². The summed E-state index contributed by atoms with van der Waals surface area (Å²) in [5.74, 6) is 0.945. The number of aromatic nitrogens is 2. The van der Waals surface area contributed by atoms with Gasteiger partial charge in [0.1, 0.15) is 12.1 Å². The fourth-order valence-corrected chi connectivity index (χ4v) is 3.31. The minimum atomic E-state index is 0.870. The van der Waals surface area contributed by atoms with E-state index in [0.29, 0.717) is 0 Å². The van der Waals surface area contributed by atoms with Crippen LogP contribution < -0.4 is 5.32 Å². The van der Waals surface area contributed by atoms with Crippen molar-refractivity contribution in [1.29, 1.82) is 0 Å². The normalized spacial score (nSPS) is 10.5. The van der Waals surface area contributed by atoms with Crippen LogP contribution in [0.2, 0.25) is 0 Å². The zero-order chi connectivity index (χ0) is 12.3. The maximum Gasteiger partial charge on any atom is 0.133 e. The van der Waals surface area contributed by atoms with Gasteiger partial charge in [0, 0.05) is 16.6 Å². The Morgan fingerprint density at radius 3 is 2.76 bits per heavy atom. The van der Waals surface area contributed by atoms with E-state index in [2.05, 4.69) is 56.5 Å². The average molecular weight is 312 g/mol. The molecule has 0 saturated carbocycles. The zero-order valence-electron chi connectivity index (χ0n) is 9.83. The van der Waals surface area contributed by atoms with E-state index in [4.69, 9.17) is 0 Å². The monoisotopic (exact) mass is 311 g/mol. The SMILES string of the molecule is CCNc1ncnc(-c2sccc2Br)c1CC. The Kier molecular flexibility index (Phi) is 4.12. The van der Waals surface area contributed by atoms with Gasteiger partial charge < -0.3 is 5.32 Å². The largest absolute Gasteiger partial charge is 0.370 e. The highest BCUT2D eigenvalue weighted by Crippen LogP contribution is 2.35. The highest BCUT2D eigenvalue weighted by atomic mass is 79.9. The Labute approximate surface area is 113 Å². The molecule has 0 bridgehead atoms. The highest BCUT2D eigenvalue weighted by Gasteiger charge is 2.14. The second-order valence-electron chi connectivity index (χ2n) is 3.53. The first-order valence-corrected chi connectivity index (χ1v) is 7.26. The second kappa shape index (κ2) is 5.60. The van der Waals surface area contributed by atoms with Crippen LogP contribution in [0.25, 0.3) is 10.6 Å². The molecule has 2 aromatic rings. The van der Waals surface area contributed by atoms with Crippen molar-refractivity contribution in [3.63, 3.8) is 0 Å². The van der Waals surface area contributed by atoms with Gasteiger partial charge in [-0.15, -0.1) is 11.3 Å². The molecule has 0 aliphatic carbocycles. The molecule has 0 radical (unpaired) electrons. The van der Waals surface area contributed by atoms with E-state index < -0.39 is 0 Å². The lowest BCUT2D eigenvalue weighted by atomic mass is 10.1. The number of nitrogens with zero attached hydrogens (tertiary/aromatic N) is 2. The molecule has 2 heterocycles. The van der Waals surface area contributed by atoms with Gasteiger partial charge in [0.15, 0.2) is 0 Å². The average Bonchev–Trinajstić information content (AvgIpc) is 2.75. The molecule has 0 aliphatic heterocycles. The molecular weight excluding hydrogens is 298 g/mol. The molecule has 2 rings (SSSR count). The molecule has 0 fully saturated rings.